The zero-order valence-corrected chi connectivity index (χ0v) is 22.6. The molecular weight excluding hydrogens is 498 g/mol. The molecule has 1 aromatic heterocycles. The number of nitrogens with zero attached hydrogens (tertiary/aromatic N) is 1. The summed E-state index contributed by atoms with van der Waals surface area (Å²) in [4.78, 5) is 0. The lowest BCUT2D eigenvalue weighted by Crippen LogP contribution is -1.98. The molecule has 1 aliphatic rings. The molecule has 7 aromatic carbocycles. The molecule has 1 heterocycles. The van der Waals surface area contributed by atoms with Crippen LogP contribution in [0.5, 0.6) is 5.75 Å². The minimum Gasteiger partial charge on any atom is -0.496 e. The van der Waals surface area contributed by atoms with Crippen LogP contribution in [0.25, 0.3) is 82.4 Å². The van der Waals surface area contributed by atoms with Gasteiger partial charge in [0.1, 0.15) is 5.75 Å². The maximum atomic E-state index is 5.90. The largest absolute Gasteiger partial charge is 0.496 e. The third kappa shape index (κ3) is 3.07. The molecule has 0 aliphatic heterocycles. The second-order valence-electron chi connectivity index (χ2n) is 10.9. The van der Waals surface area contributed by atoms with Crippen molar-refractivity contribution >= 4 is 43.4 Å². The number of aromatic nitrogens is 1. The van der Waals surface area contributed by atoms with E-state index >= 15 is 0 Å². The van der Waals surface area contributed by atoms with Gasteiger partial charge in [0.2, 0.25) is 0 Å². The van der Waals surface area contributed by atoms with E-state index in [-0.39, 0.29) is 0 Å². The van der Waals surface area contributed by atoms with Gasteiger partial charge in [0.15, 0.2) is 0 Å². The quantitative estimate of drug-likeness (QED) is 0.225. The summed E-state index contributed by atoms with van der Waals surface area (Å²) in [5.74, 6) is 0.868. The van der Waals surface area contributed by atoms with Gasteiger partial charge in [0, 0.05) is 27.6 Å². The summed E-state index contributed by atoms with van der Waals surface area (Å²) in [6, 6.07) is 48.5. The predicted molar refractivity (Wildman–Crippen MR) is 172 cm³/mol. The Kier molecular flexibility index (Phi) is 4.57. The number of benzene rings is 7. The molecule has 0 atom stereocenters. The molecule has 41 heavy (non-hydrogen) atoms. The van der Waals surface area contributed by atoms with Crippen LogP contribution in [0, 0.1) is 0 Å². The average molecular weight is 524 g/mol. The Morgan fingerprint density at radius 3 is 2.17 bits per heavy atom. The molecule has 0 bridgehead atoms. The predicted octanol–water partition coefficient (Wildman–Crippen LogP) is 10.4. The molecule has 1 aliphatic carbocycles. The number of para-hydroxylation sites is 1. The van der Waals surface area contributed by atoms with Crippen LogP contribution in [0.3, 0.4) is 0 Å². The Labute approximate surface area is 237 Å². The number of methoxy groups -OCH3 is 1. The Balaban J connectivity index is 1.38. The van der Waals surface area contributed by atoms with Crippen molar-refractivity contribution in [3.05, 3.63) is 133 Å². The van der Waals surface area contributed by atoms with E-state index in [1.807, 2.05) is 0 Å². The fraction of sp³-hybridized carbons (Fsp3) is 0.0256. The van der Waals surface area contributed by atoms with E-state index in [1.165, 1.54) is 65.6 Å². The number of fused-ring (bicyclic) bond motifs is 8. The van der Waals surface area contributed by atoms with Gasteiger partial charge in [0.05, 0.1) is 18.1 Å². The van der Waals surface area contributed by atoms with E-state index in [9.17, 15) is 0 Å². The zero-order chi connectivity index (χ0) is 27.1. The monoisotopic (exact) mass is 523 g/mol. The first-order valence-corrected chi connectivity index (χ1v) is 14.1. The highest BCUT2D eigenvalue weighted by Crippen LogP contribution is 2.52. The molecule has 2 heteroatoms. The molecule has 0 fully saturated rings. The van der Waals surface area contributed by atoms with E-state index in [1.54, 1.807) is 7.11 Å². The van der Waals surface area contributed by atoms with Gasteiger partial charge in [-0.1, -0.05) is 103 Å². The summed E-state index contributed by atoms with van der Waals surface area (Å²) >= 11 is 0. The van der Waals surface area contributed by atoms with Crippen LogP contribution in [-0.2, 0) is 0 Å². The van der Waals surface area contributed by atoms with Gasteiger partial charge in [-0.3, -0.25) is 0 Å². The van der Waals surface area contributed by atoms with Crippen LogP contribution in [0.4, 0.5) is 0 Å². The van der Waals surface area contributed by atoms with Gasteiger partial charge in [-0.05, 0) is 74.1 Å². The first kappa shape index (κ1) is 22.5. The lowest BCUT2D eigenvalue weighted by Gasteiger charge is -2.16. The number of hydrogen-bond donors (Lipinski definition) is 0. The van der Waals surface area contributed by atoms with Crippen LogP contribution >= 0.6 is 0 Å². The second kappa shape index (κ2) is 8.33. The van der Waals surface area contributed by atoms with Gasteiger partial charge in [-0.15, -0.1) is 0 Å². The van der Waals surface area contributed by atoms with Crippen molar-refractivity contribution < 1.29 is 4.74 Å². The first-order chi connectivity index (χ1) is 20.3. The molecular formula is C39H25NO. The minimum atomic E-state index is 0.868. The second-order valence-corrected chi connectivity index (χ2v) is 10.9. The van der Waals surface area contributed by atoms with Crippen molar-refractivity contribution in [2.24, 2.45) is 0 Å². The van der Waals surface area contributed by atoms with Crippen molar-refractivity contribution in [3.8, 4) is 44.8 Å². The van der Waals surface area contributed by atoms with E-state index < -0.39 is 0 Å². The Morgan fingerprint density at radius 2 is 1.29 bits per heavy atom. The van der Waals surface area contributed by atoms with Crippen molar-refractivity contribution in [3.63, 3.8) is 0 Å². The highest BCUT2D eigenvalue weighted by Gasteiger charge is 2.27. The third-order valence-corrected chi connectivity index (χ3v) is 8.80. The summed E-state index contributed by atoms with van der Waals surface area (Å²) in [5.41, 5.74) is 11.0. The lowest BCUT2D eigenvalue weighted by atomic mass is 9.99. The van der Waals surface area contributed by atoms with Gasteiger partial charge in [0.25, 0.3) is 0 Å². The molecule has 0 N–H and O–H groups in total. The summed E-state index contributed by atoms with van der Waals surface area (Å²) in [6.45, 7) is 0. The summed E-state index contributed by atoms with van der Waals surface area (Å²) in [6.07, 6.45) is 0. The van der Waals surface area contributed by atoms with Crippen molar-refractivity contribution in [1.29, 1.82) is 0 Å². The van der Waals surface area contributed by atoms with Crippen molar-refractivity contribution in [2.45, 2.75) is 0 Å². The average Bonchev–Trinajstić information content (AvgIpc) is 3.55. The Bertz CT molecular complexity index is 2350. The highest BCUT2D eigenvalue weighted by atomic mass is 16.5. The standard InChI is InChI=1S/C39H25NO/c1-41-36-21-18-28(23-34(36)27-17-16-24-8-2-3-9-26(24)22-27)40-35-15-5-4-12-29(35)32-20-19-31-30-13-6-10-25-11-7-14-33(37(25)30)38(31)39(32)40/h2-23H,1H3. The molecule has 9 rings (SSSR count). The maximum absolute atomic E-state index is 5.90. The summed E-state index contributed by atoms with van der Waals surface area (Å²) in [5, 5.41) is 7.62. The first-order valence-electron chi connectivity index (χ1n) is 14.1. The van der Waals surface area contributed by atoms with E-state index in [2.05, 4.69) is 138 Å². The fourth-order valence-corrected chi connectivity index (χ4v) is 7.01. The number of rotatable bonds is 3. The molecule has 0 unspecified atom stereocenters. The van der Waals surface area contributed by atoms with Gasteiger partial charge < -0.3 is 9.30 Å². The van der Waals surface area contributed by atoms with Crippen LogP contribution in [0.2, 0.25) is 0 Å². The number of hydrogen-bond acceptors (Lipinski definition) is 1. The smallest absolute Gasteiger partial charge is 0.126 e. The van der Waals surface area contributed by atoms with Crippen LogP contribution in [0.1, 0.15) is 0 Å². The van der Waals surface area contributed by atoms with E-state index in [4.69, 9.17) is 4.74 Å². The van der Waals surface area contributed by atoms with Crippen molar-refractivity contribution in [1.82, 2.24) is 4.57 Å². The summed E-state index contributed by atoms with van der Waals surface area (Å²) < 4.78 is 8.36. The highest BCUT2D eigenvalue weighted by molar-refractivity contribution is 6.24. The topological polar surface area (TPSA) is 14.2 Å². The van der Waals surface area contributed by atoms with Crippen LogP contribution in [-0.4, -0.2) is 11.7 Å². The van der Waals surface area contributed by atoms with Gasteiger partial charge in [-0.2, -0.15) is 0 Å². The third-order valence-electron chi connectivity index (χ3n) is 8.80. The van der Waals surface area contributed by atoms with E-state index in [0.29, 0.717) is 0 Å². The number of ether oxygens (including phenoxy) is 1. The SMILES string of the molecule is COc1ccc(-n2c3ccccc3c3ccc4c(c32)-c2cccc3cccc-4c23)cc1-c1ccc2ccccc2c1. The molecule has 0 saturated carbocycles. The van der Waals surface area contributed by atoms with E-state index in [0.717, 1.165) is 22.6 Å². The van der Waals surface area contributed by atoms with Gasteiger partial charge in [-0.25, -0.2) is 0 Å². The molecule has 192 valence electrons. The Morgan fingerprint density at radius 1 is 0.512 bits per heavy atom. The minimum absolute atomic E-state index is 0.868. The molecule has 8 aromatic rings. The normalized spacial score (nSPS) is 12.0. The Hall–Kier alpha value is -5.34. The molecule has 0 spiro atoms. The summed E-state index contributed by atoms with van der Waals surface area (Å²) in [7, 11) is 1.75. The fourth-order valence-electron chi connectivity index (χ4n) is 7.01. The molecule has 0 amide bonds. The molecule has 0 saturated heterocycles. The lowest BCUT2D eigenvalue weighted by molar-refractivity contribution is 0.416. The zero-order valence-electron chi connectivity index (χ0n) is 22.6. The van der Waals surface area contributed by atoms with Crippen molar-refractivity contribution in [2.75, 3.05) is 7.11 Å². The van der Waals surface area contributed by atoms with Crippen LogP contribution < -0.4 is 4.74 Å². The maximum Gasteiger partial charge on any atom is 0.126 e. The molecule has 2 nitrogen and oxygen atoms in total. The molecule has 0 radical (unpaired) electrons. The van der Waals surface area contributed by atoms with Gasteiger partial charge >= 0.3 is 0 Å². The van der Waals surface area contributed by atoms with Crippen LogP contribution in [0.15, 0.2) is 133 Å².